The van der Waals surface area contributed by atoms with Gasteiger partial charge in [-0.3, -0.25) is 4.79 Å². The van der Waals surface area contributed by atoms with E-state index in [1.807, 2.05) is 49.4 Å². The van der Waals surface area contributed by atoms with Gasteiger partial charge in [0.2, 0.25) is 0 Å². The highest BCUT2D eigenvalue weighted by Crippen LogP contribution is 2.05. The number of nitrogens with one attached hydrogen (secondary N) is 2. The van der Waals surface area contributed by atoms with Crippen molar-refractivity contribution < 1.29 is 4.79 Å². The number of pyridine rings is 1. The van der Waals surface area contributed by atoms with Gasteiger partial charge in [-0.25, -0.2) is 4.98 Å². The Labute approximate surface area is 112 Å². The monoisotopic (exact) mass is 255 g/mol. The van der Waals surface area contributed by atoms with E-state index < -0.39 is 0 Å². The zero-order chi connectivity index (χ0) is 13.5. The van der Waals surface area contributed by atoms with Crippen molar-refractivity contribution in [3.05, 3.63) is 59.8 Å². The van der Waals surface area contributed by atoms with Gasteiger partial charge in [0, 0.05) is 13.1 Å². The van der Waals surface area contributed by atoms with Crippen molar-refractivity contribution in [3.8, 4) is 0 Å². The van der Waals surface area contributed by atoms with Gasteiger partial charge in [0.25, 0.3) is 5.91 Å². The Morgan fingerprint density at radius 1 is 1.11 bits per heavy atom. The molecule has 4 nitrogen and oxygen atoms in total. The molecule has 1 heterocycles. The van der Waals surface area contributed by atoms with Crippen molar-refractivity contribution in [2.24, 2.45) is 0 Å². The first kappa shape index (κ1) is 13.1. The number of carbonyl (C=O) groups excluding carboxylic acids is 1. The maximum absolute atomic E-state index is 12.0. The second-order valence-electron chi connectivity index (χ2n) is 4.11. The molecule has 0 unspecified atom stereocenters. The van der Waals surface area contributed by atoms with Crippen molar-refractivity contribution in [2.45, 2.75) is 13.5 Å². The number of amides is 1. The van der Waals surface area contributed by atoms with E-state index in [1.165, 1.54) is 0 Å². The molecular weight excluding hydrogens is 238 g/mol. The maximum Gasteiger partial charge on any atom is 0.270 e. The third-order valence-corrected chi connectivity index (χ3v) is 2.64. The van der Waals surface area contributed by atoms with E-state index in [9.17, 15) is 4.79 Å². The number of rotatable bonds is 5. The molecule has 0 radical (unpaired) electrons. The van der Waals surface area contributed by atoms with Crippen molar-refractivity contribution in [1.82, 2.24) is 10.3 Å². The van der Waals surface area contributed by atoms with Gasteiger partial charge in [-0.05, 0) is 24.6 Å². The molecule has 1 aromatic carbocycles. The van der Waals surface area contributed by atoms with Crippen molar-refractivity contribution >= 4 is 11.7 Å². The SMILES string of the molecule is CCNc1cccc(C(=O)NCc2ccccc2)n1. The Bertz CT molecular complexity index is 540. The summed E-state index contributed by atoms with van der Waals surface area (Å²) in [4.78, 5) is 16.2. The molecule has 1 amide bonds. The van der Waals surface area contributed by atoms with Crippen LogP contribution in [-0.4, -0.2) is 17.4 Å². The van der Waals surface area contributed by atoms with Crippen LogP contribution in [0.15, 0.2) is 48.5 Å². The smallest absolute Gasteiger partial charge is 0.270 e. The second kappa shape index (κ2) is 6.54. The highest BCUT2D eigenvalue weighted by Gasteiger charge is 2.07. The van der Waals surface area contributed by atoms with E-state index in [4.69, 9.17) is 0 Å². The predicted octanol–water partition coefficient (Wildman–Crippen LogP) is 2.44. The first-order valence-electron chi connectivity index (χ1n) is 6.32. The highest BCUT2D eigenvalue weighted by molar-refractivity contribution is 5.92. The minimum Gasteiger partial charge on any atom is -0.370 e. The summed E-state index contributed by atoms with van der Waals surface area (Å²) in [6.45, 7) is 3.28. The first-order chi connectivity index (χ1) is 9.29. The Kier molecular flexibility index (Phi) is 4.50. The number of hydrogen-bond acceptors (Lipinski definition) is 3. The lowest BCUT2D eigenvalue weighted by Gasteiger charge is -2.07. The largest absolute Gasteiger partial charge is 0.370 e. The lowest BCUT2D eigenvalue weighted by Crippen LogP contribution is -2.24. The number of nitrogens with zero attached hydrogens (tertiary/aromatic N) is 1. The summed E-state index contributed by atoms with van der Waals surface area (Å²) in [7, 11) is 0. The lowest BCUT2D eigenvalue weighted by molar-refractivity contribution is 0.0946. The van der Waals surface area contributed by atoms with Crippen LogP contribution >= 0.6 is 0 Å². The fraction of sp³-hybridized carbons (Fsp3) is 0.200. The van der Waals surface area contributed by atoms with Gasteiger partial charge in [0.15, 0.2) is 0 Å². The van der Waals surface area contributed by atoms with Crippen LogP contribution < -0.4 is 10.6 Å². The van der Waals surface area contributed by atoms with Gasteiger partial charge in [0.05, 0.1) is 0 Å². The molecule has 0 saturated carbocycles. The van der Waals surface area contributed by atoms with Crippen LogP contribution in [0.25, 0.3) is 0 Å². The van der Waals surface area contributed by atoms with Gasteiger partial charge >= 0.3 is 0 Å². The molecule has 2 rings (SSSR count). The molecule has 0 aliphatic rings. The van der Waals surface area contributed by atoms with E-state index in [2.05, 4.69) is 15.6 Å². The molecule has 0 aliphatic heterocycles. The summed E-state index contributed by atoms with van der Waals surface area (Å²) < 4.78 is 0. The molecule has 0 spiro atoms. The van der Waals surface area contributed by atoms with Crippen LogP contribution in [0, 0.1) is 0 Å². The average Bonchev–Trinajstić information content (AvgIpc) is 2.46. The van der Waals surface area contributed by atoms with Crippen LogP contribution in [0.2, 0.25) is 0 Å². The molecule has 1 aromatic heterocycles. The van der Waals surface area contributed by atoms with Crippen LogP contribution in [0.5, 0.6) is 0 Å². The lowest BCUT2D eigenvalue weighted by atomic mass is 10.2. The highest BCUT2D eigenvalue weighted by atomic mass is 16.1. The minimum absolute atomic E-state index is 0.163. The average molecular weight is 255 g/mol. The molecule has 0 bridgehead atoms. The van der Waals surface area contributed by atoms with E-state index in [1.54, 1.807) is 6.07 Å². The quantitative estimate of drug-likeness (QED) is 0.862. The molecule has 0 fully saturated rings. The van der Waals surface area contributed by atoms with Crippen molar-refractivity contribution in [3.63, 3.8) is 0 Å². The summed E-state index contributed by atoms with van der Waals surface area (Å²) in [5.74, 6) is 0.554. The maximum atomic E-state index is 12.0. The molecule has 0 atom stereocenters. The van der Waals surface area contributed by atoms with Crippen molar-refractivity contribution in [1.29, 1.82) is 0 Å². The van der Waals surface area contributed by atoms with Crippen LogP contribution in [0.1, 0.15) is 23.0 Å². The summed E-state index contributed by atoms with van der Waals surface area (Å²) in [5.41, 5.74) is 1.49. The van der Waals surface area contributed by atoms with Gasteiger partial charge in [-0.15, -0.1) is 0 Å². The summed E-state index contributed by atoms with van der Waals surface area (Å²) in [5, 5.41) is 5.94. The van der Waals surface area contributed by atoms with Gasteiger partial charge in [0.1, 0.15) is 11.5 Å². The molecule has 98 valence electrons. The second-order valence-corrected chi connectivity index (χ2v) is 4.11. The topological polar surface area (TPSA) is 54.0 Å². The number of carbonyl (C=O) groups is 1. The standard InChI is InChI=1S/C15H17N3O/c1-2-16-14-10-6-9-13(18-14)15(19)17-11-12-7-4-3-5-8-12/h3-10H,2,11H2,1H3,(H,16,18)(H,17,19). The van der Waals surface area contributed by atoms with E-state index in [0.717, 1.165) is 17.9 Å². The minimum atomic E-state index is -0.163. The Morgan fingerprint density at radius 2 is 1.89 bits per heavy atom. The van der Waals surface area contributed by atoms with Crippen LogP contribution in [0.3, 0.4) is 0 Å². The normalized spacial score (nSPS) is 9.95. The van der Waals surface area contributed by atoms with Gasteiger partial charge < -0.3 is 10.6 Å². The molecule has 4 heteroatoms. The first-order valence-corrected chi connectivity index (χ1v) is 6.32. The number of anilines is 1. The Balaban J connectivity index is 1.98. The molecule has 19 heavy (non-hydrogen) atoms. The van der Waals surface area contributed by atoms with E-state index >= 15 is 0 Å². The molecular formula is C15H17N3O. The molecule has 0 aliphatic carbocycles. The number of aromatic nitrogens is 1. The van der Waals surface area contributed by atoms with Gasteiger partial charge in [-0.1, -0.05) is 36.4 Å². The zero-order valence-electron chi connectivity index (χ0n) is 10.9. The van der Waals surface area contributed by atoms with Crippen LogP contribution in [-0.2, 0) is 6.54 Å². The fourth-order valence-corrected chi connectivity index (χ4v) is 1.71. The summed E-state index contributed by atoms with van der Waals surface area (Å²) in [6, 6.07) is 15.2. The third-order valence-electron chi connectivity index (χ3n) is 2.64. The summed E-state index contributed by atoms with van der Waals surface area (Å²) in [6.07, 6.45) is 0. The van der Waals surface area contributed by atoms with Gasteiger partial charge in [-0.2, -0.15) is 0 Å². The zero-order valence-corrected chi connectivity index (χ0v) is 10.9. The fourth-order valence-electron chi connectivity index (χ4n) is 1.71. The van der Waals surface area contributed by atoms with E-state index in [0.29, 0.717) is 12.2 Å². The Hall–Kier alpha value is -2.36. The summed E-state index contributed by atoms with van der Waals surface area (Å²) >= 11 is 0. The molecule has 2 N–H and O–H groups in total. The Morgan fingerprint density at radius 3 is 2.63 bits per heavy atom. The predicted molar refractivity (Wildman–Crippen MR) is 76.0 cm³/mol. The molecule has 0 saturated heterocycles. The van der Waals surface area contributed by atoms with Crippen LogP contribution in [0.4, 0.5) is 5.82 Å². The molecule has 2 aromatic rings. The number of hydrogen-bond donors (Lipinski definition) is 2. The van der Waals surface area contributed by atoms with Crippen molar-refractivity contribution in [2.75, 3.05) is 11.9 Å². The van der Waals surface area contributed by atoms with E-state index in [-0.39, 0.29) is 5.91 Å². The third kappa shape index (κ3) is 3.81. The number of benzene rings is 1.